The molecular weight excluding hydrogens is 268 g/mol. The number of nitrogens with zero attached hydrogens (tertiary/aromatic N) is 2. The Kier molecular flexibility index (Phi) is 3.97. The zero-order valence-corrected chi connectivity index (χ0v) is 12.8. The maximum Gasteiger partial charge on any atom is 0.292 e. The molecule has 1 aliphatic heterocycles. The van der Waals surface area contributed by atoms with Crippen molar-refractivity contribution in [2.45, 2.75) is 64.5 Å². The van der Waals surface area contributed by atoms with Crippen LogP contribution in [-0.2, 0) is 0 Å². The van der Waals surface area contributed by atoms with E-state index in [1.165, 1.54) is 6.42 Å². The van der Waals surface area contributed by atoms with Crippen LogP contribution in [0, 0.1) is 5.41 Å². The summed E-state index contributed by atoms with van der Waals surface area (Å²) >= 11 is 0. The Hall–Kier alpha value is -1.43. The third kappa shape index (κ3) is 3.10. The van der Waals surface area contributed by atoms with Crippen LogP contribution in [0.2, 0.25) is 0 Å². The molecule has 1 saturated carbocycles. The first kappa shape index (κ1) is 14.5. The molecule has 1 amide bonds. The van der Waals surface area contributed by atoms with Crippen LogP contribution in [0.1, 0.15) is 74.9 Å². The molecule has 0 spiro atoms. The van der Waals surface area contributed by atoms with Crippen LogP contribution in [0.5, 0.6) is 0 Å². The second-order valence-electron chi connectivity index (χ2n) is 6.87. The van der Waals surface area contributed by atoms with Gasteiger partial charge in [0.1, 0.15) is 0 Å². The zero-order valence-electron chi connectivity index (χ0n) is 12.8. The van der Waals surface area contributed by atoms with Crippen molar-refractivity contribution in [1.29, 1.82) is 0 Å². The molecule has 3 rings (SSSR count). The molecular formula is C15H24N4O2. The van der Waals surface area contributed by atoms with Crippen LogP contribution in [0.4, 0.5) is 0 Å². The Labute approximate surface area is 125 Å². The molecule has 2 fully saturated rings. The van der Waals surface area contributed by atoms with Crippen molar-refractivity contribution in [1.82, 2.24) is 20.8 Å². The molecule has 0 aromatic carbocycles. The highest BCUT2D eigenvalue weighted by atomic mass is 16.5. The molecule has 2 unspecified atom stereocenters. The number of amides is 1. The average Bonchev–Trinajstić information content (AvgIpc) is 3.10. The highest BCUT2D eigenvalue weighted by molar-refractivity contribution is 5.90. The van der Waals surface area contributed by atoms with Crippen molar-refractivity contribution in [3.05, 3.63) is 11.7 Å². The molecule has 21 heavy (non-hydrogen) atoms. The van der Waals surface area contributed by atoms with Gasteiger partial charge < -0.3 is 15.2 Å². The van der Waals surface area contributed by atoms with Crippen molar-refractivity contribution in [2.75, 3.05) is 6.54 Å². The molecule has 2 heterocycles. The lowest BCUT2D eigenvalue weighted by Crippen LogP contribution is -2.47. The van der Waals surface area contributed by atoms with E-state index in [0.717, 1.165) is 38.6 Å². The first-order chi connectivity index (χ1) is 10.1. The van der Waals surface area contributed by atoms with Gasteiger partial charge in [-0.3, -0.25) is 4.79 Å². The summed E-state index contributed by atoms with van der Waals surface area (Å²) in [6, 6.07) is 0.287. The second kappa shape index (κ2) is 5.75. The molecule has 6 nitrogen and oxygen atoms in total. The summed E-state index contributed by atoms with van der Waals surface area (Å²) in [5.41, 5.74) is 0.132. The standard InChI is InChI=1S/C15H24N4O2/c1-15(2)8-4-3-7-11(15)17-13(20)12-18-14(21-19-12)10-6-5-9-16-10/h10-11,16H,3-9H2,1-2H3,(H,17,20). The summed E-state index contributed by atoms with van der Waals surface area (Å²) in [4.78, 5) is 16.6. The molecule has 1 aromatic rings. The van der Waals surface area contributed by atoms with E-state index in [2.05, 4.69) is 34.6 Å². The molecule has 1 saturated heterocycles. The minimum Gasteiger partial charge on any atom is -0.346 e. The van der Waals surface area contributed by atoms with E-state index in [1.54, 1.807) is 0 Å². The monoisotopic (exact) mass is 292 g/mol. The molecule has 6 heteroatoms. The van der Waals surface area contributed by atoms with Crippen LogP contribution < -0.4 is 10.6 Å². The number of nitrogens with one attached hydrogen (secondary N) is 2. The maximum absolute atomic E-state index is 12.3. The van der Waals surface area contributed by atoms with Gasteiger partial charge in [0.25, 0.3) is 11.7 Å². The smallest absolute Gasteiger partial charge is 0.292 e. The lowest BCUT2D eigenvalue weighted by molar-refractivity contribution is 0.0840. The molecule has 0 radical (unpaired) electrons. The third-order valence-electron chi connectivity index (χ3n) is 4.82. The van der Waals surface area contributed by atoms with Gasteiger partial charge in [0.05, 0.1) is 6.04 Å². The number of rotatable bonds is 3. The summed E-state index contributed by atoms with van der Waals surface area (Å²) in [5, 5.41) is 10.2. The van der Waals surface area contributed by atoms with E-state index in [9.17, 15) is 4.79 Å². The van der Waals surface area contributed by atoms with Gasteiger partial charge in [-0.05, 0) is 37.6 Å². The molecule has 0 bridgehead atoms. The van der Waals surface area contributed by atoms with Gasteiger partial charge in [-0.2, -0.15) is 4.98 Å². The minimum absolute atomic E-state index is 0.102. The van der Waals surface area contributed by atoms with E-state index in [0.29, 0.717) is 5.89 Å². The first-order valence-corrected chi connectivity index (χ1v) is 7.94. The summed E-state index contributed by atoms with van der Waals surface area (Å²) in [6.45, 7) is 5.38. The Balaban J connectivity index is 1.65. The Bertz CT molecular complexity index is 506. The third-order valence-corrected chi connectivity index (χ3v) is 4.82. The summed E-state index contributed by atoms with van der Waals surface area (Å²) < 4.78 is 5.23. The highest BCUT2D eigenvalue weighted by Gasteiger charge is 2.34. The maximum atomic E-state index is 12.3. The van der Waals surface area contributed by atoms with Crippen molar-refractivity contribution in [2.24, 2.45) is 5.41 Å². The van der Waals surface area contributed by atoms with Gasteiger partial charge in [-0.25, -0.2) is 0 Å². The van der Waals surface area contributed by atoms with Gasteiger partial charge in [0.2, 0.25) is 5.89 Å². The molecule has 116 valence electrons. The molecule has 1 aliphatic carbocycles. The van der Waals surface area contributed by atoms with Crippen LogP contribution in [0.15, 0.2) is 4.52 Å². The zero-order chi connectivity index (χ0) is 14.9. The molecule has 2 atom stereocenters. The fourth-order valence-electron chi connectivity index (χ4n) is 3.35. The minimum atomic E-state index is -0.219. The van der Waals surface area contributed by atoms with Crippen LogP contribution in [0.25, 0.3) is 0 Å². The van der Waals surface area contributed by atoms with Gasteiger partial charge in [-0.1, -0.05) is 31.8 Å². The summed E-state index contributed by atoms with van der Waals surface area (Å²) in [6.07, 6.45) is 6.65. The van der Waals surface area contributed by atoms with E-state index in [4.69, 9.17) is 4.52 Å². The Morgan fingerprint density at radius 3 is 2.90 bits per heavy atom. The largest absolute Gasteiger partial charge is 0.346 e. The Morgan fingerprint density at radius 1 is 1.33 bits per heavy atom. The molecule has 1 aromatic heterocycles. The van der Waals surface area contributed by atoms with Crippen LogP contribution in [0.3, 0.4) is 0 Å². The SMILES string of the molecule is CC1(C)CCCCC1NC(=O)c1noc(C2CCCN2)n1. The van der Waals surface area contributed by atoms with Crippen molar-refractivity contribution < 1.29 is 9.32 Å². The van der Waals surface area contributed by atoms with Crippen molar-refractivity contribution in [3.8, 4) is 0 Å². The number of aromatic nitrogens is 2. The van der Waals surface area contributed by atoms with E-state index in [1.807, 2.05) is 0 Å². The lowest BCUT2D eigenvalue weighted by Gasteiger charge is -2.38. The topological polar surface area (TPSA) is 80.0 Å². The molecule has 2 N–H and O–H groups in total. The highest BCUT2D eigenvalue weighted by Crippen LogP contribution is 2.35. The van der Waals surface area contributed by atoms with Gasteiger partial charge in [0, 0.05) is 6.04 Å². The number of carbonyl (C=O) groups is 1. The average molecular weight is 292 g/mol. The van der Waals surface area contributed by atoms with Crippen LogP contribution in [-0.4, -0.2) is 28.6 Å². The predicted octanol–water partition coefficient (Wildman–Crippen LogP) is 2.19. The number of hydrogen-bond acceptors (Lipinski definition) is 5. The fourth-order valence-corrected chi connectivity index (χ4v) is 3.35. The first-order valence-electron chi connectivity index (χ1n) is 7.94. The quantitative estimate of drug-likeness (QED) is 0.892. The number of hydrogen-bond donors (Lipinski definition) is 2. The summed E-state index contributed by atoms with van der Waals surface area (Å²) in [7, 11) is 0. The van der Waals surface area contributed by atoms with E-state index < -0.39 is 0 Å². The summed E-state index contributed by atoms with van der Waals surface area (Å²) in [5.74, 6) is 0.462. The van der Waals surface area contributed by atoms with Crippen molar-refractivity contribution in [3.63, 3.8) is 0 Å². The van der Waals surface area contributed by atoms with Gasteiger partial charge >= 0.3 is 0 Å². The van der Waals surface area contributed by atoms with E-state index >= 15 is 0 Å². The normalized spacial score (nSPS) is 28.5. The second-order valence-corrected chi connectivity index (χ2v) is 6.87. The number of carbonyl (C=O) groups excluding carboxylic acids is 1. The molecule has 2 aliphatic rings. The van der Waals surface area contributed by atoms with Crippen molar-refractivity contribution >= 4 is 5.91 Å². The fraction of sp³-hybridized carbons (Fsp3) is 0.800. The predicted molar refractivity (Wildman–Crippen MR) is 77.8 cm³/mol. The van der Waals surface area contributed by atoms with Crippen LogP contribution >= 0.6 is 0 Å². The lowest BCUT2D eigenvalue weighted by atomic mass is 9.73. The van der Waals surface area contributed by atoms with Gasteiger partial charge in [0.15, 0.2) is 0 Å². The van der Waals surface area contributed by atoms with Gasteiger partial charge in [-0.15, -0.1) is 0 Å². The Morgan fingerprint density at radius 2 is 2.19 bits per heavy atom. The van der Waals surface area contributed by atoms with E-state index in [-0.39, 0.29) is 29.2 Å².